The van der Waals surface area contributed by atoms with E-state index in [0.717, 1.165) is 49.1 Å². The fourth-order valence-electron chi connectivity index (χ4n) is 3.07. The minimum absolute atomic E-state index is 0.700. The van der Waals surface area contributed by atoms with Gasteiger partial charge in [-0.1, -0.05) is 6.07 Å². The number of methoxy groups -OCH3 is 3. The van der Waals surface area contributed by atoms with Crippen LogP contribution in [0.5, 0.6) is 23.0 Å². The lowest BCUT2D eigenvalue weighted by atomic mass is 10.1. The van der Waals surface area contributed by atoms with Crippen LogP contribution < -0.4 is 18.9 Å². The number of ether oxygens (including phenoxy) is 4. The molecule has 1 heterocycles. The highest BCUT2D eigenvalue weighted by Gasteiger charge is 2.16. The van der Waals surface area contributed by atoms with Gasteiger partial charge < -0.3 is 18.9 Å². The van der Waals surface area contributed by atoms with Crippen LogP contribution in [0.25, 0.3) is 0 Å². The van der Waals surface area contributed by atoms with Crippen LogP contribution in [0.4, 0.5) is 0 Å². The molecule has 0 atom stereocenters. The molecule has 5 heteroatoms. The van der Waals surface area contributed by atoms with Crippen LogP contribution in [-0.2, 0) is 13.0 Å². The maximum absolute atomic E-state index is 5.86. The van der Waals surface area contributed by atoms with E-state index in [4.69, 9.17) is 18.9 Å². The predicted molar refractivity (Wildman–Crippen MR) is 97.0 cm³/mol. The van der Waals surface area contributed by atoms with Crippen LogP contribution in [0.2, 0.25) is 0 Å². The average molecular weight is 343 g/mol. The van der Waals surface area contributed by atoms with Gasteiger partial charge in [0.25, 0.3) is 0 Å². The van der Waals surface area contributed by atoms with Gasteiger partial charge in [-0.2, -0.15) is 0 Å². The van der Waals surface area contributed by atoms with E-state index in [1.165, 1.54) is 11.1 Å². The lowest BCUT2D eigenvalue weighted by Crippen LogP contribution is -2.28. The SMILES string of the molecule is COc1ccc2c(c1)CN(CCc1ccc(OC)c(OC)c1)CCO2. The van der Waals surface area contributed by atoms with Gasteiger partial charge in [-0.3, -0.25) is 4.90 Å². The van der Waals surface area contributed by atoms with Gasteiger partial charge in [-0.05, 0) is 42.3 Å². The normalized spacial score (nSPS) is 14.2. The van der Waals surface area contributed by atoms with Crippen molar-refractivity contribution in [1.82, 2.24) is 4.90 Å². The molecule has 0 aromatic heterocycles. The molecule has 0 aliphatic carbocycles. The molecule has 25 heavy (non-hydrogen) atoms. The monoisotopic (exact) mass is 343 g/mol. The average Bonchev–Trinajstić information content (AvgIpc) is 2.87. The van der Waals surface area contributed by atoms with E-state index >= 15 is 0 Å². The van der Waals surface area contributed by atoms with Gasteiger partial charge in [-0.25, -0.2) is 0 Å². The van der Waals surface area contributed by atoms with E-state index in [0.29, 0.717) is 6.61 Å². The zero-order valence-electron chi connectivity index (χ0n) is 15.1. The van der Waals surface area contributed by atoms with Gasteiger partial charge in [0, 0.05) is 25.2 Å². The van der Waals surface area contributed by atoms with Crippen LogP contribution in [0.3, 0.4) is 0 Å². The molecule has 1 aliphatic rings. The van der Waals surface area contributed by atoms with E-state index in [1.54, 1.807) is 21.3 Å². The molecule has 0 saturated carbocycles. The highest BCUT2D eigenvalue weighted by molar-refractivity contribution is 5.43. The number of rotatable bonds is 6. The Morgan fingerprint density at radius 3 is 2.56 bits per heavy atom. The molecule has 134 valence electrons. The van der Waals surface area contributed by atoms with E-state index < -0.39 is 0 Å². The summed E-state index contributed by atoms with van der Waals surface area (Å²) in [6.07, 6.45) is 0.944. The molecular formula is C20H25NO4. The van der Waals surface area contributed by atoms with Crippen LogP contribution in [-0.4, -0.2) is 45.9 Å². The van der Waals surface area contributed by atoms with Crippen LogP contribution >= 0.6 is 0 Å². The third-order valence-electron chi connectivity index (χ3n) is 4.49. The second-order valence-corrected chi connectivity index (χ2v) is 6.04. The Balaban J connectivity index is 1.67. The summed E-state index contributed by atoms with van der Waals surface area (Å²) in [5, 5.41) is 0. The molecule has 2 aromatic carbocycles. The number of hydrogen-bond donors (Lipinski definition) is 0. The highest BCUT2D eigenvalue weighted by Crippen LogP contribution is 2.29. The highest BCUT2D eigenvalue weighted by atomic mass is 16.5. The molecule has 1 aliphatic heterocycles. The second-order valence-electron chi connectivity index (χ2n) is 6.04. The molecule has 0 saturated heterocycles. The van der Waals surface area contributed by atoms with Crippen molar-refractivity contribution in [2.75, 3.05) is 41.0 Å². The van der Waals surface area contributed by atoms with Gasteiger partial charge in [-0.15, -0.1) is 0 Å². The molecule has 0 amide bonds. The summed E-state index contributed by atoms with van der Waals surface area (Å²) < 4.78 is 21.9. The van der Waals surface area contributed by atoms with Crippen LogP contribution in [0, 0.1) is 0 Å². The quantitative estimate of drug-likeness (QED) is 0.806. The topological polar surface area (TPSA) is 40.2 Å². The van der Waals surface area contributed by atoms with E-state index in [-0.39, 0.29) is 0 Å². The van der Waals surface area contributed by atoms with Crippen molar-refractivity contribution in [3.8, 4) is 23.0 Å². The third kappa shape index (κ3) is 4.17. The molecule has 5 nitrogen and oxygen atoms in total. The van der Waals surface area contributed by atoms with E-state index in [2.05, 4.69) is 17.0 Å². The number of nitrogens with zero attached hydrogens (tertiary/aromatic N) is 1. The summed E-state index contributed by atoms with van der Waals surface area (Å²) in [5.74, 6) is 3.35. The Morgan fingerprint density at radius 2 is 1.80 bits per heavy atom. The van der Waals surface area contributed by atoms with Crippen molar-refractivity contribution < 1.29 is 18.9 Å². The fraction of sp³-hybridized carbons (Fsp3) is 0.400. The summed E-state index contributed by atoms with van der Waals surface area (Å²) in [4.78, 5) is 2.40. The first kappa shape index (κ1) is 17.4. The summed E-state index contributed by atoms with van der Waals surface area (Å²) in [6, 6.07) is 12.1. The van der Waals surface area contributed by atoms with Crippen molar-refractivity contribution in [2.24, 2.45) is 0 Å². The molecule has 0 fully saturated rings. The Bertz CT molecular complexity index is 717. The van der Waals surface area contributed by atoms with E-state index in [1.807, 2.05) is 24.3 Å². The second kappa shape index (κ2) is 8.12. The molecule has 0 N–H and O–H groups in total. The smallest absolute Gasteiger partial charge is 0.160 e. The zero-order valence-corrected chi connectivity index (χ0v) is 15.1. The minimum atomic E-state index is 0.700. The summed E-state index contributed by atoms with van der Waals surface area (Å²) >= 11 is 0. The maximum Gasteiger partial charge on any atom is 0.160 e. The lowest BCUT2D eigenvalue weighted by molar-refractivity contribution is 0.228. The van der Waals surface area contributed by atoms with Crippen molar-refractivity contribution in [2.45, 2.75) is 13.0 Å². The summed E-state index contributed by atoms with van der Waals surface area (Å²) in [6.45, 7) is 3.42. The Kier molecular flexibility index (Phi) is 5.66. The molecule has 3 rings (SSSR count). The first-order valence-electron chi connectivity index (χ1n) is 8.46. The van der Waals surface area contributed by atoms with Gasteiger partial charge in [0.2, 0.25) is 0 Å². The number of benzene rings is 2. The van der Waals surface area contributed by atoms with Gasteiger partial charge in [0.1, 0.15) is 18.1 Å². The first-order chi connectivity index (χ1) is 12.2. The van der Waals surface area contributed by atoms with E-state index in [9.17, 15) is 0 Å². The third-order valence-corrected chi connectivity index (χ3v) is 4.49. The largest absolute Gasteiger partial charge is 0.497 e. The summed E-state index contributed by atoms with van der Waals surface area (Å²) in [7, 11) is 5.01. The molecular weight excluding hydrogens is 318 g/mol. The predicted octanol–water partition coefficient (Wildman–Crippen LogP) is 3.15. The Hall–Kier alpha value is -2.40. The van der Waals surface area contributed by atoms with Crippen molar-refractivity contribution in [1.29, 1.82) is 0 Å². The van der Waals surface area contributed by atoms with Gasteiger partial charge in [0.05, 0.1) is 21.3 Å². The van der Waals surface area contributed by atoms with Crippen molar-refractivity contribution >= 4 is 0 Å². The van der Waals surface area contributed by atoms with Gasteiger partial charge in [0.15, 0.2) is 11.5 Å². The molecule has 0 spiro atoms. The number of hydrogen-bond acceptors (Lipinski definition) is 5. The fourth-order valence-corrected chi connectivity index (χ4v) is 3.07. The standard InChI is InChI=1S/C20H25NO4/c1-22-17-5-7-18-16(13-17)14-21(10-11-25-18)9-8-15-4-6-19(23-2)20(12-15)24-3/h4-7,12-13H,8-11,14H2,1-3H3. The minimum Gasteiger partial charge on any atom is -0.497 e. The van der Waals surface area contributed by atoms with Crippen LogP contribution in [0.15, 0.2) is 36.4 Å². The number of fused-ring (bicyclic) bond motifs is 1. The lowest BCUT2D eigenvalue weighted by Gasteiger charge is -2.19. The maximum atomic E-state index is 5.86. The molecule has 0 radical (unpaired) electrons. The first-order valence-corrected chi connectivity index (χ1v) is 8.46. The van der Waals surface area contributed by atoms with Crippen molar-refractivity contribution in [3.63, 3.8) is 0 Å². The molecule has 0 unspecified atom stereocenters. The zero-order chi connectivity index (χ0) is 17.6. The summed E-state index contributed by atoms with van der Waals surface area (Å²) in [5.41, 5.74) is 2.40. The molecule has 0 bridgehead atoms. The Labute approximate surface area is 149 Å². The Morgan fingerprint density at radius 1 is 0.960 bits per heavy atom. The van der Waals surface area contributed by atoms with Crippen molar-refractivity contribution in [3.05, 3.63) is 47.5 Å². The molecule has 2 aromatic rings. The van der Waals surface area contributed by atoms with Gasteiger partial charge >= 0.3 is 0 Å². The van der Waals surface area contributed by atoms with Crippen LogP contribution in [0.1, 0.15) is 11.1 Å².